The first-order valence-corrected chi connectivity index (χ1v) is 9.48. The third-order valence-electron chi connectivity index (χ3n) is 4.41. The minimum atomic E-state index is -0.780. The number of nitrogens with zero attached hydrogens (tertiary/aromatic N) is 3. The number of hydrogen-bond acceptors (Lipinski definition) is 5. The molecule has 0 bridgehead atoms. The van der Waals surface area contributed by atoms with E-state index < -0.39 is 6.04 Å². The summed E-state index contributed by atoms with van der Waals surface area (Å²) >= 11 is 5.91. The fourth-order valence-electron chi connectivity index (χ4n) is 3.06. The van der Waals surface area contributed by atoms with E-state index in [1.165, 1.54) is 4.68 Å². The molecule has 0 fully saturated rings. The molecular formula is C20H18ClN5O3. The number of carbonyl (C=O) groups excluding carboxylic acids is 2. The van der Waals surface area contributed by atoms with Crippen molar-refractivity contribution in [3.63, 3.8) is 0 Å². The van der Waals surface area contributed by atoms with Crippen LogP contribution in [-0.4, -0.2) is 33.2 Å². The first kappa shape index (κ1) is 18.9. The van der Waals surface area contributed by atoms with Gasteiger partial charge in [0, 0.05) is 10.6 Å². The lowest BCUT2D eigenvalue weighted by atomic mass is 10.2. The Hall–Kier alpha value is -3.39. The van der Waals surface area contributed by atoms with Crippen LogP contribution in [0.5, 0.6) is 5.75 Å². The molecule has 2 N–H and O–H groups in total. The Morgan fingerprint density at radius 2 is 2.00 bits per heavy atom. The third kappa shape index (κ3) is 3.93. The molecule has 9 heteroatoms. The van der Waals surface area contributed by atoms with Crippen molar-refractivity contribution in [1.29, 1.82) is 0 Å². The Bertz CT molecular complexity index is 1060. The third-order valence-corrected chi connectivity index (χ3v) is 4.66. The number of amides is 2. The lowest BCUT2D eigenvalue weighted by Crippen LogP contribution is -2.24. The van der Waals surface area contributed by atoms with Gasteiger partial charge in [0.25, 0.3) is 5.91 Å². The Kier molecular flexibility index (Phi) is 5.18. The molecule has 1 aliphatic rings. The average Bonchev–Trinajstić information content (AvgIpc) is 3.23. The summed E-state index contributed by atoms with van der Waals surface area (Å²) in [7, 11) is 0. The Morgan fingerprint density at radius 1 is 1.24 bits per heavy atom. The topological polar surface area (TPSA) is 98.1 Å². The molecule has 0 saturated carbocycles. The molecule has 29 heavy (non-hydrogen) atoms. The lowest BCUT2D eigenvalue weighted by molar-refractivity contribution is -0.123. The average molecular weight is 412 g/mol. The zero-order chi connectivity index (χ0) is 20.4. The molecular weight excluding hydrogens is 394 g/mol. The summed E-state index contributed by atoms with van der Waals surface area (Å²) in [6, 6.07) is 13.4. The Morgan fingerprint density at radius 3 is 2.76 bits per heavy atom. The second kappa shape index (κ2) is 7.92. The van der Waals surface area contributed by atoms with Crippen molar-refractivity contribution in [3.8, 4) is 17.1 Å². The van der Waals surface area contributed by atoms with Crippen molar-refractivity contribution in [1.82, 2.24) is 14.8 Å². The first-order valence-electron chi connectivity index (χ1n) is 9.10. The highest BCUT2D eigenvalue weighted by molar-refractivity contribution is 6.30. The molecule has 0 aliphatic carbocycles. The van der Waals surface area contributed by atoms with Gasteiger partial charge < -0.3 is 10.1 Å². The largest absolute Gasteiger partial charge is 0.492 e. The number of aromatic nitrogens is 3. The van der Waals surface area contributed by atoms with Gasteiger partial charge in [-0.2, -0.15) is 4.98 Å². The number of carbonyl (C=O) groups is 2. The van der Waals surface area contributed by atoms with Crippen molar-refractivity contribution in [2.45, 2.75) is 19.4 Å². The highest BCUT2D eigenvalue weighted by Gasteiger charge is 2.35. The SMILES string of the molecule is CCOc1ccccc1NC(=O)C[C@H]1C(=O)Nc2nc(-c3ccc(Cl)cc3)nn21. The van der Waals surface area contributed by atoms with Crippen molar-refractivity contribution in [3.05, 3.63) is 53.6 Å². The van der Waals surface area contributed by atoms with Crippen LogP contribution in [0, 0.1) is 0 Å². The number of rotatable bonds is 6. The van der Waals surface area contributed by atoms with E-state index in [0.717, 1.165) is 5.56 Å². The van der Waals surface area contributed by atoms with Crippen LogP contribution in [0.25, 0.3) is 11.4 Å². The van der Waals surface area contributed by atoms with Crippen LogP contribution in [0.15, 0.2) is 48.5 Å². The van der Waals surface area contributed by atoms with E-state index in [-0.39, 0.29) is 18.2 Å². The monoisotopic (exact) mass is 411 g/mol. The van der Waals surface area contributed by atoms with Gasteiger partial charge >= 0.3 is 0 Å². The van der Waals surface area contributed by atoms with E-state index in [0.29, 0.717) is 34.8 Å². The number of halogens is 1. The second-order valence-electron chi connectivity index (χ2n) is 6.40. The molecule has 0 unspecified atom stereocenters. The number of anilines is 2. The quantitative estimate of drug-likeness (QED) is 0.646. The van der Waals surface area contributed by atoms with E-state index >= 15 is 0 Å². The van der Waals surface area contributed by atoms with Gasteiger partial charge in [-0.15, -0.1) is 5.10 Å². The molecule has 1 aliphatic heterocycles. The molecule has 0 spiro atoms. The zero-order valence-electron chi connectivity index (χ0n) is 15.6. The first-order chi connectivity index (χ1) is 14.0. The molecule has 1 atom stereocenters. The molecule has 4 rings (SSSR count). The minimum Gasteiger partial charge on any atom is -0.492 e. The molecule has 0 radical (unpaired) electrons. The number of fused-ring (bicyclic) bond motifs is 1. The summed E-state index contributed by atoms with van der Waals surface area (Å²) in [6.07, 6.45) is -0.0806. The molecule has 8 nitrogen and oxygen atoms in total. The number of benzene rings is 2. The summed E-state index contributed by atoms with van der Waals surface area (Å²) < 4.78 is 6.96. The van der Waals surface area contributed by atoms with Crippen molar-refractivity contribution in [2.24, 2.45) is 0 Å². The number of ether oxygens (including phenoxy) is 1. The maximum atomic E-state index is 12.6. The molecule has 1 aromatic heterocycles. The van der Waals surface area contributed by atoms with Gasteiger partial charge in [0.15, 0.2) is 5.82 Å². The minimum absolute atomic E-state index is 0.0806. The van der Waals surface area contributed by atoms with Gasteiger partial charge in [0.2, 0.25) is 11.9 Å². The highest BCUT2D eigenvalue weighted by Crippen LogP contribution is 2.30. The highest BCUT2D eigenvalue weighted by atomic mass is 35.5. The molecule has 148 valence electrons. The van der Waals surface area contributed by atoms with E-state index in [2.05, 4.69) is 20.7 Å². The maximum Gasteiger partial charge on any atom is 0.252 e. The summed E-state index contributed by atoms with van der Waals surface area (Å²) in [5.74, 6) is 0.687. The lowest BCUT2D eigenvalue weighted by Gasteiger charge is -2.13. The fourth-order valence-corrected chi connectivity index (χ4v) is 3.18. The van der Waals surface area contributed by atoms with Crippen LogP contribution in [0.1, 0.15) is 19.4 Å². The van der Waals surface area contributed by atoms with Crippen LogP contribution < -0.4 is 15.4 Å². The predicted molar refractivity (Wildman–Crippen MR) is 109 cm³/mol. The molecule has 2 amide bonds. The van der Waals surface area contributed by atoms with Crippen LogP contribution in [0.2, 0.25) is 5.02 Å². The smallest absolute Gasteiger partial charge is 0.252 e. The van der Waals surface area contributed by atoms with Gasteiger partial charge in [0.05, 0.1) is 18.7 Å². The summed E-state index contributed by atoms with van der Waals surface area (Å²) in [5.41, 5.74) is 1.32. The summed E-state index contributed by atoms with van der Waals surface area (Å²) in [4.78, 5) is 29.2. The predicted octanol–water partition coefficient (Wildman–Crippen LogP) is 3.52. The van der Waals surface area contributed by atoms with Gasteiger partial charge in [0.1, 0.15) is 11.8 Å². The van der Waals surface area contributed by atoms with E-state index in [9.17, 15) is 9.59 Å². The van der Waals surface area contributed by atoms with Crippen molar-refractivity contribution < 1.29 is 14.3 Å². The standard InChI is InChI=1S/C20H18ClN5O3/c1-2-29-16-6-4-3-5-14(16)22-17(27)11-15-19(28)24-20-23-18(25-26(15)20)12-7-9-13(21)10-8-12/h3-10,15H,2,11H2,1H3,(H,22,27)(H,23,24,25,28)/t15-/m0/s1. The molecule has 3 aromatic rings. The zero-order valence-corrected chi connectivity index (χ0v) is 16.3. The van der Waals surface area contributed by atoms with E-state index in [1.807, 2.05) is 13.0 Å². The fraction of sp³-hybridized carbons (Fsp3) is 0.200. The van der Waals surface area contributed by atoms with Crippen molar-refractivity contribution in [2.75, 3.05) is 17.2 Å². The van der Waals surface area contributed by atoms with Gasteiger partial charge in [-0.05, 0) is 43.3 Å². The number of nitrogens with one attached hydrogen (secondary N) is 2. The summed E-state index contributed by atoms with van der Waals surface area (Å²) in [5, 5.41) is 10.5. The van der Waals surface area contributed by atoms with E-state index in [4.69, 9.17) is 16.3 Å². The van der Waals surface area contributed by atoms with Crippen LogP contribution in [0.3, 0.4) is 0 Å². The Balaban J connectivity index is 1.51. The molecule has 2 aromatic carbocycles. The second-order valence-corrected chi connectivity index (χ2v) is 6.83. The number of para-hydroxylation sites is 2. The van der Waals surface area contributed by atoms with Gasteiger partial charge in [-0.25, -0.2) is 4.68 Å². The van der Waals surface area contributed by atoms with Crippen molar-refractivity contribution >= 4 is 35.1 Å². The van der Waals surface area contributed by atoms with Crippen LogP contribution in [-0.2, 0) is 9.59 Å². The van der Waals surface area contributed by atoms with Gasteiger partial charge in [-0.1, -0.05) is 23.7 Å². The summed E-state index contributed by atoms with van der Waals surface area (Å²) in [6.45, 7) is 2.35. The van der Waals surface area contributed by atoms with Crippen LogP contribution in [0.4, 0.5) is 11.6 Å². The maximum absolute atomic E-state index is 12.6. The number of hydrogen-bond donors (Lipinski definition) is 2. The van der Waals surface area contributed by atoms with Crippen LogP contribution >= 0.6 is 11.6 Å². The molecule has 0 saturated heterocycles. The van der Waals surface area contributed by atoms with E-state index in [1.54, 1.807) is 42.5 Å². The molecule has 2 heterocycles. The Labute approximate surface area is 171 Å². The normalized spacial score (nSPS) is 15.0. The van der Waals surface area contributed by atoms with Gasteiger partial charge in [-0.3, -0.25) is 14.9 Å².